The summed E-state index contributed by atoms with van der Waals surface area (Å²) in [5.41, 5.74) is 7.58. The number of rotatable bonds is 2. The fraction of sp³-hybridized carbons (Fsp3) is 0.438. The molecule has 1 aliphatic rings. The molecular weight excluding hydrogens is 250 g/mol. The van der Waals surface area contributed by atoms with Gasteiger partial charge in [0.1, 0.15) is 0 Å². The van der Waals surface area contributed by atoms with Crippen LogP contribution in [0.25, 0.3) is 10.9 Å². The first kappa shape index (κ1) is 13.2. The molecule has 0 aliphatic carbocycles. The fourth-order valence-electron chi connectivity index (χ4n) is 3.00. The van der Waals surface area contributed by atoms with Crippen molar-refractivity contribution in [2.75, 3.05) is 19.6 Å². The van der Waals surface area contributed by atoms with E-state index in [-0.39, 0.29) is 5.91 Å². The number of likely N-dealkylation sites (tertiary alicyclic amines) is 1. The number of benzene rings is 1. The van der Waals surface area contributed by atoms with Crippen LogP contribution in [0.2, 0.25) is 0 Å². The maximum absolute atomic E-state index is 12.6. The van der Waals surface area contributed by atoms with Crippen molar-refractivity contribution < 1.29 is 4.79 Å². The van der Waals surface area contributed by atoms with Gasteiger partial charge in [0.05, 0.1) is 0 Å². The minimum absolute atomic E-state index is 0.117. The monoisotopic (exact) mass is 271 g/mol. The second kappa shape index (κ2) is 5.29. The maximum Gasteiger partial charge on any atom is 0.253 e. The number of piperidine rings is 1. The predicted molar refractivity (Wildman–Crippen MR) is 80.5 cm³/mol. The maximum atomic E-state index is 12.6. The zero-order valence-corrected chi connectivity index (χ0v) is 11.8. The van der Waals surface area contributed by atoms with Crippen LogP contribution in [0.4, 0.5) is 0 Å². The topological polar surface area (TPSA) is 62.1 Å². The van der Waals surface area contributed by atoms with Crippen LogP contribution in [-0.2, 0) is 0 Å². The van der Waals surface area contributed by atoms with Crippen LogP contribution in [0.1, 0.15) is 23.7 Å². The van der Waals surface area contributed by atoms with Crippen LogP contribution in [0.5, 0.6) is 0 Å². The smallest absolute Gasteiger partial charge is 0.253 e. The Labute approximate surface area is 118 Å². The zero-order chi connectivity index (χ0) is 14.1. The Morgan fingerprint density at radius 2 is 2.30 bits per heavy atom. The molecule has 1 fully saturated rings. The fourth-order valence-corrected chi connectivity index (χ4v) is 3.00. The van der Waals surface area contributed by atoms with Gasteiger partial charge < -0.3 is 15.6 Å². The molecule has 3 N–H and O–H groups in total. The number of carbonyl (C=O) groups is 1. The van der Waals surface area contributed by atoms with E-state index in [2.05, 4.69) is 11.9 Å². The Balaban J connectivity index is 1.81. The van der Waals surface area contributed by atoms with Gasteiger partial charge in [0, 0.05) is 30.4 Å². The van der Waals surface area contributed by atoms with Crippen molar-refractivity contribution in [3.63, 3.8) is 0 Å². The van der Waals surface area contributed by atoms with Crippen LogP contribution in [0.15, 0.2) is 30.5 Å². The summed E-state index contributed by atoms with van der Waals surface area (Å²) >= 11 is 0. The molecule has 2 atom stereocenters. The van der Waals surface area contributed by atoms with E-state index in [9.17, 15) is 4.79 Å². The SMILES string of the molecule is CC1CCN(C(=O)c2ccc3cc[nH]c3c2)CC1CN. The van der Waals surface area contributed by atoms with Crippen molar-refractivity contribution in [1.29, 1.82) is 0 Å². The molecule has 1 aromatic heterocycles. The quantitative estimate of drug-likeness (QED) is 0.879. The summed E-state index contributed by atoms with van der Waals surface area (Å²) in [5.74, 6) is 1.14. The van der Waals surface area contributed by atoms with E-state index in [0.29, 0.717) is 18.4 Å². The number of hydrogen-bond donors (Lipinski definition) is 2. The second-order valence-electron chi connectivity index (χ2n) is 5.79. The van der Waals surface area contributed by atoms with Gasteiger partial charge in [0.15, 0.2) is 0 Å². The average Bonchev–Trinajstić information content (AvgIpc) is 2.94. The van der Waals surface area contributed by atoms with E-state index in [1.165, 1.54) is 0 Å². The number of nitrogens with one attached hydrogen (secondary N) is 1. The summed E-state index contributed by atoms with van der Waals surface area (Å²) in [6.07, 6.45) is 2.93. The van der Waals surface area contributed by atoms with Gasteiger partial charge in [-0.25, -0.2) is 0 Å². The van der Waals surface area contributed by atoms with Crippen molar-refractivity contribution in [3.8, 4) is 0 Å². The minimum Gasteiger partial charge on any atom is -0.361 e. The Hall–Kier alpha value is -1.81. The number of hydrogen-bond acceptors (Lipinski definition) is 2. The summed E-state index contributed by atoms with van der Waals surface area (Å²) in [6, 6.07) is 7.85. The molecule has 1 aliphatic heterocycles. The summed E-state index contributed by atoms with van der Waals surface area (Å²) in [7, 11) is 0. The lowest BCUT2D eigenvalue weighted by Crippen LogP contribution is -2.45. The number of aromatic amines is 1. The number of carbonyl (C=O) groups excluding carboxylic acids is 1. The summed E-state index contributed by atoms with van der Waals surface area (Å²) in [6.45, 7) is 4.49. The number of fused-ring (bicyclic) bond motifs is 1. The molecule has 2 heterocycles. The number of nitrogens with two attached hydrogens (primary N) is 1. The third-order valence-electron chi connectivity index (χ3n) is 4.51. The molecule has 1 amide bonds. The van der Waals surface area contributed by atoms with Crippen LogP contribution in [0, 0.1) is 11.8 Å². The van der Waals surface area contributed by atoms with E-state index in [1.54, 1.807) is 0 Å². The van der Waals surface area contributed by atoms with E-state index in [0.717, 1.165) is 36.0 Å². The van der Waals surface area contributed by atoms with Gasteiger partial charge in [-0.15, -0.1) is 0 Å². The third-order valence-corrected chi connectivity index (χ3v) is 4.51. The van der Waals surface area contributed by atoms with Crippen molar-refractivity contribution in [2.45, 2.75) is 13.3 Å². The predicted octanol–water partition coefficient (Wildman–Crippen LogP) is 2.22. The Bertz CT molecular complexity index is 619. The van der Waals surface area contributed by atoms with Crippen molar-refractivity contribution >= 4 is 16.8 Å². The highest BCUT2D eigenvalue weighted by atomic mass is 16.2. The first-order valence-corrected chi connectivity index (χ1v) is 7.25. The van der Waals surface area contributed by atoms with Crippen LogP contribution in [0.3, 0.4) is 0 Å². The molecule has 1 aromatic carbocycles. The second-order valence-corrected chi connectivity index (χ2v) is 5.79. The molecule has 4 nitrogen and oxygen atoms in total. The number of amides is 1. The van der Waals surface area contributed by atoms with Crippen molar-refractivity contribution in [2.24, 2.45) is 17.6 Å². The van der Waals surface area contributed by atoms with Gasteiger partial charge in [0.2, 0.25) is 0 Å². The Morgan fingerprint density at radius 1 is 1.45 bits per heavy atom. The standard InChI is InChI=1S/C16H21N3O/c1-11-5-7-19(10-14(11)9-17)16(20)13-3-2-12-4-6-18-15(12)8-13/h2-4,6,8,11,14,18H,5,7,9-10,17H2,1H3. The third kappa shape index (κ3) is 2.31. The van der Waals surface area contributed by atoms with Gasteiger partial charge in [-0.05, 0) is 48.4 Å². The molecule has 106 valence electrons. The van der Waals surface area contributed by atoms with Gasteiger partial charge in [0.25, 0.3) is 5.91 Å². The summed E-state index contributed by atoms with van der Waals surface area (Å²) in [5, 5.41) is 1.13. The van der Waals surface area contributed by atoms with E-state index in [1.807, 2.05) is 35.4 Å². The van der Waals surface area contributed by atoms with Crippen molar-refractivity contribution in [3.05, 3.63) is 36.0 Å². The first-order chi connectivity index (χ1) is 9.69. The van der Waals surface area contributed by atoms with Gasteiger partial charge in [-0.2, -0.15) is 0 Å². The summed E-state index contributed by atoms with van der Waals surface area (Å²) < 4.78 is 0. The Kier molecular flexibility index (Phi) is 3.49. The molecular formula is C16H21N3O. The average molecular weight is 271 g/mol. The molecule has 2 unspecified atom stereocenters. The largest absolute Gasteiger partial charge is 0.361 e. The lowest BCUT2D eigenvalue weighted by molar-refractivity contribution is 0.0618. The zero-order valence-electron chi connectivity index (χ0n) is 11.8. The number of H-pyrrole nitrogens is 1. The molecule has 0 saturated carbocycles. The lowest BCUT2D eigenvalue weighted by Gasteiger charge is -2.36. The molecule has 2 aromatic rings. The van der Waals surface area contributed by atoms with E-state index in [4.69, 9.17) is 5.73 Å². The van der Waals surface area contributed by atoms with Crippen LogP contribution < -0.4 is 5.73 Å². The van der Waals surface area contributed by atoms with Crippen LogP contribution >= 0.6 is 0 Å². The highest BCUT2D eigenvalue weighted by Gasteiger charge is 2.28. The molecule has 0 bridgehead atoms. The van der Waals surface area contributed by atoms with Crippen LogP contribution in [-0.4, -0.2) is 35.4 Å². The van der Waals surface area contributed by atoms with Gasteiger partial charge in [-0.1, -0.05) is 13.0 Å². The normalized spacial score (nSPS) is 23.2. The minimum atomic E-state index is 0.117. The highest BCUT2D eigenvalue weighted by molar-refractivity contribution is 5.98. The number of aromatic nitrogens is 1. The highest BCUT2D eigenvalue weighted by Crippen LogP contribution is 2.24. The molecule has 20 heavy (non-hydrogen) atoms. The van der Waals surface area contributed by atoms with Gasteiger partial charge in [-0.3, -0.25) is 4.79 Å². The van der Waals surface area contributed by atoms with E-state index < -0.39 is 0 Å². The lowest BCUT2D eigenvalue weighted by atomic mass is 9.87. The Morgan fingerprint density at radius 3 is 3.10 bits per heavy atom. The van der Waals surface area contributed by atoms with E-state index >= 15 is 0 Å². The van der Waals surface area contributed by atoms with Crippen molar-refractivity contribution in [1.82, 2.24) is 9.88 Å². The summed E-state index contributed by atoms with van der Waals surface area (Å²) in [4.78, 5) is 17.7. The number of nitrogens with zero attached hydrogens (tertiary/aromatic N) is 1. The molecule has 0 radical (unpaired) electrons. The molecule has 4 heteroatoms. The molecule has 3 rings (SSSR count). The molecule has 0 spiro atoms. The first-order valence-electron chi connectivity index (χ1n) is 7.25. The molecule has 1 saturated heterocycles. The van der Waals surface area contributed by atoms with Gasteiger partial charge >= 0.3 is 0 Å².